The molecule has 1 aliphatic rings. The van der Waals surface area contributed by atoms with Crippen molar-refractivity contribution >= 4 is 5.97 Å². The molecule has 1 rings (SSSR count). The van der Waals surface area contributed by atoms with E-state index in [1.54, 1.807) is 0 Å². The van der Waals surface area contributed by atoms with Gasteiger partial charge in [0.25, 0.3) is 0 Å². The number of hydrogen-bond donors (Lipinski definition) is 0. The largest absolute Gasteiger partial charge is 0.466 e. The lowest BCUT2D eigenvalue weighted by atomic mass is 9.77. The Hall–Kier alpha value is -0.530. The smallest absolute Gasteiger partial charge is 0.309 e. The van der Waals surface area contributed by atoms with E-state index in [9.17, 15) is 4.79 Å². The van der Waals surface area contributed by atoms with Gasteiger partial charge < -0.3 is 4.74 Å². The van der Waals surface area contributed by atoms with E-state index in [4.69, 9.17) is 4.74 Å². The van der Waals surface area contributed by atoms with Gasteiger partial charge in [0.05, 0.1) is 12.5 Å². The lowest BCUT2D eigenvalue weighted by molar-refractivity contribution is -0.146. The molecule has 0 N–H and O–H groups in total. The van der Waals surface area contributed by atoms with Gasteiger partial charge in [0.1, 0.15) is 0 Å². The third-order valence-corrected chi connectivity index (χ3v) is 3.52. The minimum Gasteiger partial charge on any atom is -0.466 e. The molecule has 0 aromatic rings. The van der Waals surface area contributed by atoms with Crippen LogP contribution in [0.15, 0.2) is 0 Å². The number of hydrogen-bond acceptors (Lipinski definition) is 2. The van der Waals surface area contributed by atoms with Crippen LogP contribution in [-0.2, 0) is 9.53 Å². The van der Waals surface area contributed by atoms with Crippen molar-refractivity contribution in [3.63, 3.8) is 0 Å². The van der Waals surface area contributed by atoms with Crippen molar-refractivity contribution in [2.24, 2.45) is 16.7 Å². The maximum atomic E-state index is 11.4. The van der Waals surface area contributed by atoms with E-state index >= 15 is 0 Å². The molecular weight excluding hydrogens is 164 g/mol. The molecule has 0 aliphatic heterocycles. The van der Waals surface area contributed by atoms with E-state index in [1.165, 1.54) is 0 Å². The fourth-order valence-corrected chi connectivity index (χ4v) is 1.78. The van der Waals surface area contributed by atoms with Gasteiger partial charge in [-0.1, -0.05) is 27.7 Å². The molecule has 0 aromatic carbocycles. The second-order valence-electron chi connectivity index (χ2n) is 5.18. The fraction of sp³-hybridized carbons (Fsp3) is 0.909. The van der Waals surface area contributed by atoms with E-state index < -0.39 is 0 Å². The Kier molecular flexibility index (Phi) is 2.44. The van der Waals surface area contributed by atoms with Crippen molar-refractivity contribution in [1.82, 2.24) is 0 Å². The summed E-state index contributed by atoms with van der Waals surface area (Å²) in [6.45, 7) is 11.1. The number of carbonyl (C=O) groups excluding carboxylic acids is 1. The molecule has 0 saturated heterocycles. The van der Waals surface area contributed by atoms with Gasteiger partial charge in [-0.3, -0.25) is 4.79 Å². The second kappa shape index (κ2) is 3.00. The van der Waals surface area contributed by atoms with Gasteiger partial charge in [-0.2, -0.15) is 0 Å². The monoisotopic (exact) mass is 184 g/mol. The third-order valence-electron chi connectivity index (χ3n) is 3.52. The van der Waals surface area contributed by atoms with Crippen molar-refractivity contribution < 1.29 is 9.53 Å². The van der Waals surface area contributed by atoms with Gasteiger partial charge in [-0.05, 0) is 24.2 Å². The average molecular weight is 184 g/mol. The average Bonchev–Trinajstić information content (AvgIpc) is 2.63. The maximum Gasteiger partial charge on any atom is 0.309 e. The summed E-state index contributed by atoms with van der Waals surface area (Å²) in [4.78, 5) is 11.4. The molecule has 0 heterocycles. The zero-order valence-electron chi connectivity index (χ0n) is 9.31. The van der Waals surface area contributed by atoms with Crippen LogP contribution in [0.1, 0.15) is 41.0 Å². The molecule has 2 atom stereocenters. The molecule has 0 spiro atoms. The van der Waals surface area contributed by atoms with E-state index in [0.717, 1.165) is 6.42 Å². The SMILES string of the molecule is CCOC(=O)C1CC1(C)C(C)(C)C. The van der Waals surface area contributed by atoms with Crippen LogP contribution in [-0.4, -0.2) is 12.6 Å². The normalized spacial score (nSPS) is 32.8. The summed E-state index contributed by atoms with van der Waals surface area (Å²) in [5.41, 5.74) is 0.351. The second-order valence-corrected chi connectivity index (χ2v) is 5.18. The molecule has 1 aliphatic carbocycles. The van der Waals surface area contributed by atoms with Crippen LogP contribution in [0.2, 0.25) is 0 Å². The predicted octanol–water partition coefficient (Wildman–Crippen LogP) is 2.62. The van der Waals surface area contributed by atoms with Gasteiger partial charge in [-0.15, -0.1) is 0 Å². The Morgan fingerprint density at radius 2 is 2.08 bits per heavy atom. The first-order valence-corrected chi connectivity index (χ1v) is 4.99. The molecule has 1 fully saturated rings. The summed E-state index contributed by atoms with van der Waals surface area (Å²) in [6.07, 6.45) is 0.981. The van der Waals surface area contributed by atoms with Gasteiger partial charge in [-0.25, -0.2) is 0 Å². The Balaban J connectivity index is 2.58. The number of carbonyl (C=O) groups is 1. The van der Waals surface area contributed by atoms with Crippen LogP contribution >= 0.6 is 0 Å². The highest BCUT2D eigenvalue weighted by atomic mass is 16.5. The van der Waals surface area contributed by atoms with Crippen LogP contribution < -0.4 is 0 Å². The lowest BCUT2D eigenvalue weighted by Gasteiger charge is -2.28. The summed E-state index contributed by atoms with van der Waals surface area (Å²) in [5.74, 6) is 0.118. The molecule has 2 unspecified atom stereocenters. The molecule has 13 heavy (non-hydrogen) atoms. The van der Waals surface area contributed by atoms with Crippen molar-refractivity contribution in [1.29, 1.82) is 0 Å². The molecule has 0 aromatic heterocycles. The molecule has 0 radical (unpaired) electrons. The Morgan fingerprint density at radius 1 is 1.54 bits per heavy atom. The number of esters is 1. The molecule has 2 nitrogen and oxygen atoms in total. The summed E-state index contributed by atoms with van der Waals surface area (Å²) >= 11 is 0. The Bertz CT molecular complexity index is 215. The quantitative estimate of drug-likeness (QED) is 0.617. The highest BCUT2D eigenvalue weighted by Crippen LogP contribution is 2.63. The zero-order chi connectivity index (χ0) is 10.3. The Labute approximate surface area is 80.7 Å². The van der Waals surface area contributed by atoms with Crippen LogP contribution in [0.5, 0.6) is 0 Å². The van der Waals surface area contributed by atoms with Crippen LogP contribution in [0.25, 0.3) is 0 Å². The van der Waals surface area contributed by atoms with E-state index in [2.05, 4.69) is 27.7 Å². The fourth-order valence-electron chi connectivity index (χ4n) is 1.78. The highest BCUT2D eigenvalue weighted by molar-refractivity contribution is 5.77. The van der Waals surface area contributed by atoms with Gasteiger partial charge in [0.2, 0.25) is 0 Å². The highest BCUT2D eigenvalue weighted by Gasteiger charge is 2.61. The van der Waals surface area contributed by atoms with E-state index in [0.29, 0.717) is 6.61 Å². The predicted molar refractivity (Wildman–Crippen MR) is 52.3 cm³/mol. The van der Waals surface area contributed by atoms with E-state index in [1.807, 2.05) is 6.92 Å². The van der Waals surface area contributed by atoms with Gasteiger partial charge in [0.15, 0.2) is 0 Å². The molecule has 1 saturated carbocycles. The number of rotatable bonds is 2. The zero-order valence-corrected chi connectivity index (χ0v) is 9.31. The third kappa shape index (κ3) is 1.72. The molecular formula is C11H20O2. The minimum absolute atomic E-state index is 0.0140. The van der Waals surface area contributed by atoms with Crippen LogP contribution in [0.4, 0.5) is 0 Å². The molecule has 76 valence electrons. The molecule has 2 heteroatoms. The Morgan fingerprint density at radius 3 is 2.38 bits per heavy atom. The summed E-state index contributed by atoms with van der Waals surface area (Å²) < 4.78 is 5.02. The van der Waals surface area contributed by atoms with Gasteiger partial charge in [0, 0.05) is 0 Å². The minimum atomic E-state index is -0.0140. The summed E-state index contributed by atoms with van der Waals surface area (Å²) in [7, 11) is 0. The van der Waals surface area contributed by atoms with E-state index in [-0.39, 0.29) is 22.7 Å². The maximum absolute atomic E-state index is 11.4. The first-order chi connectivity index (χ1) is 5.83. The number of ether oxygens (including phenoxy) is 1. The first kappa shape index (κ1) is 10.6. The topological polar surface area (TPSA) is 26.3 Å². The standard InChI is InChI=1S/C11H20O2/c1-6-13-9(12)8-7-11(8,5)10(2,3)4/h8H,6-7H2,1-5H3. The van der Waals surface area contributed by atoms with Crippen LogP contribution in [0.3, 0.4) is 0 Å². The van der Waals surface area contributed by atoms with Crippen molar-refractivity contribution in [2.45, 2.75) is 41.0 Å². The first-order valence-electron chi connectivity index (χ1n) is 4.99. The van der Waals surface area contributed by atoms with Crippen LogP contribution in [0, 0.1) is 16.7 Å². The van der Waals surface area contributed by atoms with Crippen molar-refractivity contribution in [3.05, 3.63) is 0 Å². The summed E-state index contributed by atoms with van der Waals surface area (Å²) in [6, 6.07) is 0. The lowest BCUT2D eigenvalue weighted by Crippen LogP contribution is -2.24. The van der Waals surface area contributed by atoms with Crippen molar-refractivity contribution in [2.75, 3.05) is 6.61 Å². The molecule has 0 bridgehead atoms. The van der Waals surface area contributed by atoms with Crippen molar-refractivity contribution in [3.8, 4) is 0 Å². The molecule has 0 amide bonds. The van der Waals surface area contributed by atoms with Gasteiger partial charge >= 0.3 is 5.97 Å². The summed E-state index contributed by atoms with van der Waals surface area (Å²) in [5, 5.41) is 0.